The van der Waals surface area contributed by atoms with Crippen LogP contribution in [0.1, 0.15) is 37.0 Å². The molecule has 0 aliphatic carbocycles. The minimum absolute atomic E-state index is 0.180. The highest BCUT2D eigenvalue weighted by atomic mass is 16.6. The molecule has 1 atom stereocenters. The normalized spacial score (nSPS) is 15.4. The Morgan fingerprint density at radius 1 is 1.31 bits per heavy atom. The quantitative estimate of drug-likeness (QED) is 0.626. The van der Waals surface area contributed by atoms with Gasteiger partial charge in [0.1, 0.15) is 11.8 Å². The van der Waals surface area contributed by atoms with Crippen LogP contribution in [0.4, 0.5) is 0 Å². The lowest BCUT2D eigenvalue weighted by molar-refractivity contribution is -0.147. The van der Waals surface area contributed by atoms with E-state index in [1.54, 1.807) is 24.3 Å². The summed E-state index contributed by atoms with van der Waals surface area (Å²) in [7, 11) is 0. The molecular weight excluding hydrogens is 412 g/mol. The van der Waals surface area contributed by atoms with Gasteiger partial charge in [0, 0.05) is 24.2 Å². The summed E-state index contributed by atoms with van der Waals surface area (Å²) in [6, 6.07) is 8.21. The Bertz CT molecular complexity index is 1050. The van der Waals surface area contributed by atoms with Crippen LogP contribution in [0.25, 0.3) is 10.9 Å². The van der Waals surface area contributed by atoms with Crippen LogP contribution in [-0.4, -0.2) is 60.0 Å². The van der Waals surface area contributed by atoms with Gasteiger partial charge in [0.05, 0.1) is 30.3 Å². The molecule has 1 aromatic heterocycles. The van der Waals surface area contributed by atoms with Crippen molar-refractivity contribution in [1.29, 1.82) is 5.26 Å². The number of aromatic nitrogens is 1. The highest BCUT2D eigenvalue weighted by molar-refractivity contribution is 6.07. The monoisotopic (exact) mass is 438 g/mol. The van der Waals surface area contributed by atoms with E-state index in [4.69, 9.17) is 14.7 Å². The molecule has 1 saturated heterocycles. The molecule has 32 heavy (non-hydrogen) atoms. The number of carbonyl (C=O) groups is 3. The van der Waals surface area contributed by atoms with Crippen LogP contribution < -0.4 is 10.1 Å². The zero-order valence-corrected chi connectivity index (χ0v) is 18.2. The molecule has 0 radical (unpaired) electrons. The number of hydrogen-bond acceptors (Lipinski definition) is 7. The van der Waals surface area contributed by atoms with Crippen LogP contribution in [0.3, 0.4) is 0 Å². The highest BCUT2D eigenvalue weighted by Gasteiger charge is 2.28. The van der Waals surface area contributed by atoms with Crippen molar-refractivity contribution in [3.8, 4) is 11.8 Å². The first kappa shape index (κ1) is 23.0. The number of fused-ring (bicyclic) bond motifs is 1. The van der Waals surface area contributed by atoms with Crippen LogP contribution in [0.15, 0.2) is 30.5 Å². The number of nitrogens with zero attached hydrogens (tertiary/aromatic N) is 3. The lowest BCUT2D eigenvalue weighted by Crippen LogP contribution is -2.42. The first-order valence-electron chi connectivity index (χ1n) is 10.5. The van der Waals surface area contributed by atoms with E-state index in [9.17, 15) is 14.4 Å². The second-order valence-corrected chi connectivity index (χ2v) is 7.96. The largest absolute Gasteiger partial charge is 0.482 e. The number of ether oxygens (including phenoxy) is 2. The predicted molar refractivity (Wildman–Crippen MR) is 116 cm³/mol. The van der Waals surface area contributed by atoms with E-state index in [2.05, 4.69) is 16.4 Å². The van der Waals surface area contributed by atoms with Crippen molar-refractivity contribution < 1.29 is 23.9 Å². The summed E-state index contributed by atoms with van der Waals surface area (Å²) in [5.74, 6) is -0.478. The number of benzene rings is 1. The van der Waals surface area contributed by atoms with Gasteiger partial charge < -0.3 is 19.7 Å². The number of rotatable bonds is 8. The number of amides is 2. The van der Waals surface area contributed by atoms with E-state index < -0.39 is 17.9 Å². The van der Waals surface area contributed by atoms with E-state index >= 15 is 0 Å². The molecule has 1 aliphatic rings. The van der Waals surface area contributed by atoms with Gasteiger partial charge in [-0.15, -0.1) is 0 Å². The summed E-state index contributed by atoms with van der Waals surface area (Å²) < 4.78 is 10.6. The molecule has 1 fully saturated rings. The van der Waals surface area contributed by atoms with Crippen molar-refractivity contribution in [3.63, 3.8) is 0 Å². The molecule has 168 valence electrons. The second-order valence-electron chi connectivity index (χ2n) is 7.96. The standard InChI is InChI=1S/C23H26N4O5/c1-15(2)13-32-22(29)14-31-17-5-6-18-19(7-8-25-20(18)10-17)23(30)26-12-21(28)27-9-3-4-16(27)11-24/h5-8,10,15-16H,3-4,9,12-14H2,1-2H3,(H,26,30)/t16-/m0/s1. The number of hydrogen-bond donors (Lipinski definition) is 1. The van der Waals surface area contributed by atoms with E-state index in [0.717, 1.165) is 6.42 Å². The first-order chi connectivity index (χ1) is 15.4. The van der Waals surface area contributed by atoms with Crippen molar-refractivity contribution in [2.45, 2.75) is 32.7 Å². The molecule has 0 unspecified atom stereocenters. The van der Waals surface area contributed by atoms with Gasteiger partial charge in [0.2, 0.25) is 5.91 Å². The Kier molecular flexibility index (Phi) is 7.60. The molecule has 9 heteroatoms. The predicted octanol–water partition coefficient (Wildman–Crippen LogP) is 2.06. The van der Waals surface area contributed by atoms with Gasteiger partial charge in [-0.1, -0.05) is 13.8 Å². The number of nitriles is 1. The molecular formula is C23H26N4O5. The Labute approximate surface area is 186 Å². The highest BCUT2D eigenvalue weighted by Crippen LogP contribution is 2.22. The van der Waals surface area contributed by atoms with Gasteiger partial charge >= 0.3 is 5.97 Å². The molecule has 2 heterocycles. The third-order valence-electron chi connectivity index (χ3n) is 5.02. The van der Waals surface area contributed by atoms with Gasteiger partial charge in [-0.25, -0.2) is 4.79 Å². The summed E-state index contributed by atoms with van der Waals surface area (Å²) in [6.07, 6.45) is 2.93. The lowest BCUT2D eigenvalue weighted by Gasteiger charge is -2.19. The van der Waals surface area contributed by atoms with Crippen molar-refractivity contribution in [1.82, 2.24) is 15.2 Å². The summed E-state index contributed by atoms with van der Waals surface area (Å²) in [5.41, 5.74) is 0.880. The fourth-order valence-corrected chi connectivity index (χ4v) is 3.41. The van der Waals surface area contributed by atoms with Crippen LogP contribution >= 0.6 is 0 Å². The summed E-state index contributed by atoms with van der Waals surface area (Å²) in [5, 5.41) is 12.3. The first-order valence-corrected chi connectivity index (χ1v) is 10.5. The third kappa shape index (κ3) is 5.72. The van der Waals surface area contributed by atoms with Gasteiger partial charge in [0.15, 0.2) is 6.61 Å². The molecule has 0 saturated carbocycles. The number of esters is 1. The molecule has 1 aliphatic heterocycles. The minimum atomic E-state index is -0.457. The van der Waals surface area contributed by atoms with Crippen molar-refractivity contribution >= 4 is 28.7 Å². The van der Waals surface area contributed by atoms with E-state index in [-0.39, 0.29) is 25.0 Å². The van der Waals surface area contributed by atoms with Crippen molar-refractivity contribution in [3.05, 3.63) is 36.0 Å². The topological polar surface area (TPSA) is 122 Å². The Morgan fingerprint density at radius 3 is 2.88 bits per heavy atom. The molecule has 1 N–H and O–H groups in total. The second kappa shape index (κ2) is 10.6. The summed E-state index contributed by atoms with van der Waals surface area (Å²) >= 11 is 0. The van der Waals surface area contributed by atoms with Crippen molar-refractivity contribution in [2.75, 3.05) is 26.3 Å². The number of likely N-dealkylation sites (tertiary alicyclic amines) is 1. The fourth-order valence-electron chi connectivity index (χ4n) is 3.41. The van der Waals surface area contributed by atoms with Crippen molar-refractivity contribution in [2.24, 2.45) is 5.92 Å². The third-order valence-corrected chi connectivity index (χ3v) is 5.02. The Balaban J connectivity index is 1.62. The van der Waals surface area contributed by atoms with Gasteiger partial charge in [0.25, 0.3) is 5.91 Å². The number of pyridine rings is 1. The van der Waals surface area contributed by atoms with Gasteiger partial charge in [-0.05, 0) is 37.0 Å². The molecule has 3 rings (SSSR count). The van der Waals surface area contributed by atoms with E-state index in [1.165, 1.54) is 11.1 Å². The molecule has 0 spiro atoms. The number of nitrogens with one attached hydrogen (secondary N) is 1. The molecule has 2 amide bonds. The van der Waals surface area contributed by atoms with Crippen LogP contribution in [0.5, 0.6) is 5.75 Å². The smallest absolute Gasteiger partial charge is 0.344 e. The fraction of sp³-hybridized carbons (Fsp3) is 0.435. The minimum Gasteiger partial charge on any atom is -0.482 e. The Hall–Kier alpha value is -3.67. The summed E-state index contributed by atoms with van der Waals surface area (Å²) in [4.78, 5) is 42.5. The van der Waals surface area contributed by atoms with Crippen LogP contribution in [0.2, 0.25) is 0 Å². The SMILES string of the molecule is CC(C)COC(=O)COc1ccc2c(C(=O)NCC(=O)N3CCC[C@H]3C#N)ccnc2c1. The zero-order chi connectivity index (χ0) is 23.1. The number of carbonyl (C=O) groups excluding carboxylic acids is 3. The molecule has 1 aromatic carbocycles. The maximum Gasteiger partial charge on any atom is 0.344 e. The molecule has 0 bridgehead atoms. The Morgan fingerprint density at radius 2 is 2.12 bits per heavy atom. The molecule has 2 aromatic rings. The zero-order valence-electron chi connectivity index (χ0n) is 18.2. The van der Waals surface area contributed by atoms with Gasteiger partial charge in [-0.3, -0.25) is 14.6 Å². The maximum absolute atomic E-state index is 12.7. The summed E-state index contributed by atoms with van der Waals surface area (Å²) in [6.45, 7) is 4.35. The molecule has 9 nitrogen and oxygen atoms in total. The van der Waals surface area contributed by atoms with E-state index in [0.29, 0.717) is 41.8 Å². The van der Waals surface area contributed by atoms with Gasteiger partial charge in [-0.2, -0.15) is 5.26 Å². The average molecular weight is 438 g/mol. The lowest BCUT2D eigenvalue weighted by atomic mass is 10.1. The van der Waals surface area contributed by atoms with Crippen LogP contribution in [0, 0.1) is 17.2 Å². The maximum atomic E-state index is 12.7. The average Bonchev–Trinajstić information content (AvgIpc) is 3.28. The van der Waals surface area contributed by atoms with E-state index in [1.807, 2.05) is 13.8 Å². The van der Waals surface area contributed by atoms with Crippen LogP contribution in [-0.2, 0) is 14.3 Å².